The van der Waals surface area contributed by atoms with Crippen LogP contribution in [0.25, 0.3) is 0 Å². The monoisotopic (exact) mass is 352 g/mol. The molecule has 24 heavy (non-hydrogen) atoms. The highest BCUT2D eigenvalue weighted by atomic mass is 32.2. The first-order valence-corrected chi connectivity index (χ1v) is 10.5. The van der Waals surface area contributed by atoms with E-state index in [-0.39, 0.29) is 11.7 Å². The Morgan fingerprint density at radius 3 is 2.50 bits per heavy atom. The van der Waals surface area contributed by atoms with Gasteiger partial charge in [-0.25, -0.2) is 8.42 Å². The molecule has 1 aromatic carbocycles. The Morgan fingerprint density at radius 1 is 1.25 bits per heavy atom. The van der Waals surface area contributed by atoms with Gasteiger partial charge >= 0.3 is 0 Å². The van der Waals surface area contributed by atoms with Crippen molar-refractivity contribution in [3.05, 3.63) is 29.8 Å². The van der Waals surface area contributed by atoms with E-state index >= 15 is 0 Å². The normalized spacial score (nSPS) is 17.7. The molecule has 0 aliphatic carbocycles. The molecule has 2 rings (SSSR count). The molecule has 1 unspecified atom stereocenters. The van der Waals surface area contributed by atoms with Gasteiger partial charge in [0.25, 0.3) is 5.91 Å². The number of anilines is 1. The van der Waals surface area contributed by atoms with Gasteiger partial charge in [-0.15, -0.1) is 0 Å². The highest BCUT2D eigenvalue weighted by Gasteiger charge is 2.28. The van der Waals surface area contributed by atoms with E-state index in [2.05, 4.69) is 19.2 Å². The SMILES string of the molecule is CCCCC(CC)CNC(=O)c1ccc(N2CCCS2(=O)=O)cc1. The maximum absolute atomic E-state index is 12.3. The van der Waals surface area contributed by atoms with E-state index < -0.39 is 10.0 Å². The van der Waals surface area contributed by atoms with Crippen molar-refractivity contribution in [2.24, 2.45) is 5.92 Å². The average molecular weight is 353 g/mol. The van der Waals surface area contributed by atoms with Crippen molar-refractivity contribution >= 4 is 21.6 Å². The summed E-state index contributed by atoms with van der Waals surface area (Å²) in [7, 11) is -3.17. The van der Waals surface area contributed by atoms with Gasteiger partial charge in [-0.05, 0) is 43.0 Å². The van der Waals surface area contributed by atoms with Gasteiger partial charge in [0.05, 0.1) is 11.4 Å². The summed E-state index contributed by atoms with van der Waals surface area (Å²) in [4.78, 5) is 12.3. The highest BCUT2D eigenvalue weighted by Crippen LogP contribution is 2.24. The van der Waals surface area contributed by atoms with Crippen LogP contribution < -0.4 is 9.62 Å². The highest BCUT2D eigenvalue weighted by molar-refractivity contribution is 7.93. The number of hydrogen-bond acceptors (Lipinski definition) is 3. The minimum atomic E-state index is -3.17. The molecule has 0 aromatic heterocycles. The lowest BCUT2D eigenvalue weighted by Gasteiger charge is -2.17. The fraction of sp³-hybridized carbons (Fsp3) is 0.611. The lowest BCUT2D eigenvalue weighted by Crippen LogP contribution is -2.29. The summed E-state index contributed by atoms with van der Waals surface area (Å²) in [6.07, 6.45) is 5.21. The molecule has 1 aliphatic heterocycles. The maximum Gasteiger partial charge on any atom is 0.251 e. The predicted molar refractivity (Wildman–Crippen MR) is 97.8 cm³/mol. The average Bonchev–Trinajstić information content (AvgIpc) is 2.94. The number of carbonyl (C=O) groups is 1. The third-order valence-corrected chi connectivity index (χ3v) is 6.48. The van der Waals surface area contributed by atoms with Gasteiger partial charge in [0.15, 0.2) is 0 Å². The quantitative estimate of drug-likeness (QED) is 0.781. The lowest BCUT2D eigenvalue weighted by atomic mass is 9.99. The first-order chi connectivity index (χ1) is 11.5. The van der Waals surface area contributed by atoms with E-state index in [4.69, 9.17) is 0 Å². The molecule has 1 saturated heterocycles. The predicted octanol–water partition coefficient (Wildman–Crippen LogP) is 3.17. The standard InChI is InChI=1S/C18H28N2O3S/c1-3-5-7-15(4-2)14-19-18(21)16-8-10-17(11-9-16)20-12-6-13-24(20,22)23/h8-11,15H,3-7,12-14H2,1-2H3,(H,19,21). The Balaban J connectivity index is 1.94. The molecule has 1 amide bonds. The van der Waals surface area contributed by atoms with Crippen molar-refractivity contribution in [3.63, 3.8) is 0 Å². The van der Waals surface area contributed by atoms with Crippen molar-refractivity contribution in [1.29, 1.82) is 0 Å². The minimum Gasteiger partial charge on any atom is -0.352 e. The molecule has 134 valence electrons. The van der Waals surface area contributed by atoms with Crippen LogP contribution in [0, 0.1) is 5.92 Å². The Labute approximate surface area is 145 Å². The van der Waals surface area contributed by atoms with Crippen LogP contribution in [0.4, 0.5) is 5.69 Å². The molecule has 1 aliphatic rings. The molecule has 5 nitrogen and oxygen atoms in total. The number of sulfonamides is 1. The Hall–Kier alpha value is -1.56. The first-order valence-electron chi connectivity index (χ1n) is 8.86. The third-order valence-electron chi connectivity index (χ3n) is 4.61. The fourth-order valence-corrected chi connectivity index (χ4v) is 4.56. The third kappa shape index (κ3) is 4.72. The second-order valence-electron chi connectivity index (χ2n) is 6.42. The molecule has 0 spiro atoms. The van der Waals surface area contributed by atoms with Gasteiger partial charge in [-0.2, -0.15) is 0 Å². The van der Waals surface area contributed by atoms with E-state index in [0.29, 0.717) is 36.7 Å². The number of benzene rings is 1. The van der Waals surface area contributed by atoms with Crippen LogP contribution in [0.15, 0.2) is 24.3 Å². The zero-order valence-corrected chi connectivity index (χ0v) is 15.4. The van der Waals surface area contributed by atoms with E-state index in [1.165, 1.54) is 17.1 Å². The minimum absolute atomic E-state index is 0.0965. The number of hydrogen-bond donors (Lipinski definition) is 1. The van der Waals surface area contributed by atoms with Gasteiger partial charge in [0.2, 0.25) is 10.0 Å². The molecule has 1 atom stereocenters. The summed E-state index contributed by atoms with van der Waals surface area (Å²) < 4.78 is 25.3. The number of carbonyl (C=O) groups excluding carboxylic acids is 1. The van der Waals surface area contributed by atoms with Crippen molar-refractivity contribution < 1.29 is 13.2 Å². The molecule has 1 fully saturated rings. The Kier molecular flexibility index (Phi) is 6.66. The van der Waals surface area contributed by atoms with Gasteiger partial charge < -0.3 is 5.32 Å². The lowest BCUT2D eigenvalue weighted by molar-refractivity contribution is 0.0946. The van der Waals surface area contributed by atoms with Gasteiger partial charge in [-0.3, -0.25) is 9.10 Å². The van der Waals surface area contributed by atoms with Gasteiger partial charge in [0.1, 0.15) is 0 Å². The second-order valence-corrected chi connectivity index (χ2v) is 8.43. The topological polar surface area (TPSA) is 66.5 Å². The number of nitrogens with one attached hydrogen (secondary N) is 1. The van der Waals surface area contributed by atoms with E-state index in [9.17, 15) is 13.2 Å². The Morgan fingerprint density at radius 2 is 1.96 bits per heavy atom. The van der Waals surface area contributed by atoms with E-state index in [1.54, 1.807) is 24.3 Å². The zero-order valence-electron chi connectivity index (χ0n) is 14.6. The summed E-state index contributed by atoms with van der Waals surface area (Å²) in [5.41, 5.74) is 1.21. The summed E-state index contributed by atoms with van der Waals surface area (Å²) in [5, 5.41) is 2.99. The van der Waals surface area contributed by atoms with Gasteiger partial charge in [0, 0.05) is 18.7 Å². The number of amides is 1. The molecule has 1 heterocycles. The van der Waals surface area contributed by atoms with Crippen molar-refractivity contribution in [3.8, 4) is 0 Å². The molecular weight excluding hydrogens is 324 g/mol. The zero-order chi connectivity index (χ0) is 17.6. The first kappa shape index (κ1) is 18.8. The molecular formula is C18H28N2O3S. The van der Waals surface area contributed by atoms with E-state index in [1.807, 2.05) is 0 Å². The van der Waals surface area contributed by atoms with Crippen molar-refractivity contribution in [1.82, 2.24) is 5.32 Å². The van der Waals surface area contributed by atoms with Crippen LogP contribution >= 0.6 is 0 Å². The van der Waals surface area contributed by atoms with Crippen LogP contribution in [-0.2, 0) is 10.0 Å². The molecule has 0 bridgehead atoms. The molecule has 6 heteroatoms. The Bertz CT molecular complexity index is 641. The van der Waals surface area contributed by atoms with Crippen LogP contribution in [0.3, 0.4) is 0 Å². The van der Waals surface area contributed by atoms with Gasteiger partial charge in [-0.1, -0.05) is 33.1 Å². The van der Waals surface area contributed by atoms with Crippen LogP contribution in [0.2, 0.25) is 0 Å². The maximum atomic E-state index is 12.3. The summed E-state index contributed by atoms with van der Waals surface area (Å²) in [5.74, 6) is 0.620. The fourth-order valence-electron chi connectivity index (χ4n) is 2.99. The van der Waals surface area contributed by atoms with Crippen LogP contribution in [-0.4, -0.2) is 33.2 Å². The molecule has 1 N–H and O–H groups in total. The second kappa shape index (κ2) is 8.51. The number of rotatable bonds is 8. The van der Waals surface area contributed by atoms with Crippen molar-refractivity contribution in [2.75, 3.05) is 23.1 Å². The summed E-state index contributed by atoms with van der Waals surface area (Å²) >= 11 is 0. The van der Waals surface area contributed by atoms with E-state index in [0.717, 1.165) is 12.8 Å². The number of unbranched alkanes of at least 4 members (excludes halogenated alkanes) is 1. The largest absolute Gasteiger partial charge is 0.352 e. The molecule has 0 radical (unpaired) electrons. The number of nitrogens with zero attached hydrogens (tertiary/aromatic N) is 1. The smallest absolute Gasteiger partial charge is 0.251 e. The summed E-state index contributed by atoms with van der Waals surface area (Å²) in [6, 6.07) is 6.83. The molecule has 0 saturated carbocycles. The van der Waals surface area contributed by atoms with Crippen molar-refractivity contribution in [2.45, 2.75) is 46.0 Å². The molecule has 1 aromatic rings. The van der Waals surface area contributed by atoms with Crippen LogP contribution in [0.5, 0.6) is 0 Å². The summed E-state index contributed by atoms with van der Waals surface area (Å²) in [6.45, 7) is 5.53. The van der Waals surface area contributed by atoms with Crippen LogP contribution in [0.1, 0.15) is 56.3 Å².